The van der Waals surface area contributed by atoms with Crippen LogP contribution < -0.4 is 14.2 Å². The van der Waals surface area contributed by atoms with Crippen LogP contribution in [0.5, 0.6) is 17.2 Å². The van der Waals surface area contributed by atoms with E-state index in [9.17, 15) is 4.39 Å². The molecule has 0 bridgehead atoms. The maximum atomic E-state index is 13.6. The third-order valence-corrected chi connectivity index (χ3v) is 3.15. The first-order chi connectivity index (χ1) is 11.2. The van der Waals surface area contributed by atoms with E-state index >= 15 is 0 Å². The lowest BCUT2D eigenvalue weighted by Gasteiger charge is -2.09. The minimum absolute atomic E-state index is 0.143. The van der Waals surface area contributed by atoms with Crippen molar-refractivity contribution in [3.63, 3.8) is 0 Å². The molecule has 2 aromatic rings. The average molecular weight is 319 g/mol. The molecule has 0 saturated carbocycles. The number of para-hydroxylation sites is 1. The Kier molecular flexibility index (Phi) is 5.80. The number of methoxy groups -OCH3 is 3. The van der Waals surface area contributed by atoms with Gasteiger partial charge in [-0.05, 0) is 29.8 Å². The van der Waals surface area contributed by atoms with Gasteiger partial charge in [-0.2, -0.15) is 0 Å². The minimum Gasteiger partial charge on any atom is -0.494 e. The Morgan fingerprint density at radius 3 is 2.43 bits per heavy atom. The number of hydrogen-bond acceptors (Lipinski definition) is 5. The molecular weight excluding hydrogens is 301 g/mol. The highest BCUT2D eigenvalue weighted by Gasteiger charge is 2.07. The van der Waals surface area contributed by atoms with E-state index in [4.69, 9.17) is 19.0 Å². The predicted molar refractivity (Wildman–Crippen MR) is 84.9 cm³/mol. The van der Waals surface area contributed by atoms with Crippen LogP contribution in [-0.2, 0) is 11.4 Å². The van der Waals surface area contributed by atoms with E-state index in [1.807, 2.05) is 12.1 Å². The van der Waals surface area contributed by atoms with Gasteiger partial charge in [0.25, 0.3) is 0 Å². The maximum absolute atomic E-state index is 13.6. The Bertz CT molecular complexity index is 688. The summed E-state index contributed by atoms with van der Waals surface area (Å²) in [5.74, 6) is 0.928. The first-order valence-corrected chi connectivity index (χ1v) is 6.88. The van der Waals surface area contributed by atoms with Crippen LogP contribution >= 0.6 is 0 Å². The summed E-state index contributed by atoms with van der Waals surface area (Å²) >= 11 is 0. The molecule has 2 rings (SSSR count). The lowest BCUT2D eigenvalue weighted by atomic mass is 10.2. The van der Waals surface area contributed by atoms with Crippen LogP contribution in [0, 0.1) is 5.82 Å². The van der Waals surface area contributed by atoms with Crippen molar-refractivity contribution in [2.75, 3.05) is 21.3 Å². The molecule has 0 N–H and O–H groups in total. The zero-order valence-electron chi connectivity index (χ0n) is 13.2. The molecule has 0 amide bonds. The van der Waals surface area contributed by atoms with Crippen molar-refractivity contribution >= 4 is 6.21 Å². The molecule has 0 saturated heterocycles. The molecule has 0 unspecified atom stereocenters. The Balaban J connectivity index is 2.01. The quantitative estimate of drug-likeness (QED) is 0.580. The SMILES string of the molecule is COc1ccc(CO/N=C/c2cccc(OC)c2OC)cc1F. The second-order valence-electron chi connectivity index (χ2n) is 4.56. The summed E-state index contributed by atoms with van der Waals surface area (Å²) in [5, 5.41) is 3.88. The number of ether oxygens (including phenoxy) is 3. The largest absolute Gasteiger partial charge is 0.494 e. The Labute approximate surface area is 134 Å². The molecule has 0 aliphatic carbocycles. The fourth-order valence-electron chi connectivity index (χ4n) is 2.02. The molecule has 0 aromatic heterocycles. The van der Waals surface area contributed by atoms with Crippen molar-refractivity contribution in [1.29, 1.82) is 0 Å². The maximum Gasteiger partial charge on any atom is 0.169 e. The Morgan fingerprint density at radius 1 is 1.00 bits per heavy atom. The van der Waals surface area contributed by atoms with Crippen molar-refractivity contribution in [1.82, 2.24) is 0 Å². The summed E-state index contributed by atoms with van der Waals surface area (Å²) in [6.07, 6.45) is 1.52. The summed E-state index contributed by atoms with van der Waals surface area (Å²) in [6, 6.07) is 10.0. The van der Waals surface area contributed by atoms with Gasteiger partial charge in [0.2, 0.25) is 0 Å². The molecule has 0 aliphatic heterocycles. The molecule has 2 aromatic carbocycles. The van der Waals surface area contributed by atoms with Gasteiger partial charge in [-0.1, -0.05) is 17.3 Å². The number of rotatable bonds is 7. The van der Waals surface area contributed by atoms with Gasteiger partial charge in [-0.3, -0.25) is 0 Å². The molecule has 0 radical (unpaired) electrons. The highest BCUT2D eigenvalue weighted by molar-refractivity contribution is 5.84. The lowest BCUT2D eigenvalue weighted by Crippen LogP contribution is -1.96. The van der Waals surface area contributed by atoms with Gasteiger partial charge in [0.05, 0.1) is 27.5 Å². The first kappa shape index (κ1) is 16.6. The summed E-state index contributed by atoms with van der Waals surface area (Å²) in [6.45, 7) is 0.143. The molecule has 0 heterocycles. The van der Waals surface area contributed by atoms with Gasteiger partial charge in [-0.15, -0.1) is 0 Å². The van der Waals surface area contributed by atoms with E-state index in [1.165, 1.54) is 19.4 Å². The van der Waals surface area contributed by atoms with Crippen LogP contribution in [0.2, 0.25) is 0 Å². The third kappa shape index (κ3) is 4.12. The number of hydrogen-bond donors (Lipinski definition) is 0. The van der Waals surface area contributed by atoms with Crippen molar-refractivity contribution < 1.29 is 23.4 Å². The van der Waals surface area contributed by atoms with Crippen LogP contribution in [0.25, 0.3) is 0 Å². The standard InChI is InChI=1S/C17H18FNO4/c1-20-15-8-7-12(9-14(15)18)11-23-19-10-13-5-4-6-16(21-2)17(13)22-3/h4-10H,11H2,1-3H3/b19-10+. The summed E-state index contributed by atoms with van der Waals surface area (Å²) in [4.78, 5) is 5.19. The number of halogens is 1. The van der Waals surface area contributed by atoms with Gasteiger partial charge in [0, 0.05) is 5.56 Å². The second-order valence-corrected chi connectivity index (χ2v) is 4.56. The van der Waals surface area contributed by atoms with E-state index in [0.717, 1.165) is 0 Å². The van der Waals surface area contributed by atoms with Crippen molar-refractivity contribution in [3.8, 4) is 17.2 Å². The molecule has 122 valence electrons. The van der Waals surface area contributed by atoms with Gasteiger partial charge >= 0.3 is 0 Å². The summed E-state index contributed by atoms with van der Waals surface area (Å²) < 4.78 is 28.9. The van der Waals surface area contributed by atoms with Crippen molar-refractivity contribution in [3.05, 3.63) is 53.3 Å². The van der Waals surface area contributed by atoms with Crippen molar-refractivity contribution in [2.45, 2.75) is 6.61 Å². The molecular formula is C17H18FNO4. The number of oxime groups is 1. The first-order valence-electron chi connectivity index (χ1n) is 6.88. The van der Waals surface area contributed by atoms with Gasteiger partial charge < -0.3 is 19.0 Å². The van der Waals surface area contributed by atoms with Crippen LogP contribution in [0.15, 0.2) is 41.6 Å². The van der Waals surface area contributed by atoms with Crippen LogP contribution in [-0.4, -0.2) is 27.5 Å². The summed E-state index contributed by atoms with van der Waals surface area (Å²) in [7, 11) is 4.53. The highest BCUT2D eigenvalue weighted by atomic mass is 19.1. The van der Waals surface area contributed by atoms with Gasteiger partial charge in [0.15, 0.2) is 23.1 Å². The monoisotopic (exact) mass is 319 g/mol. The zero-order chi connectivity index (χ0) is 16.7. The molecule has 0 aliphatic rings. The molecule has 6 heteroatoms. The molecule has 0 fully saturated rings. The second kappa shape index (κ2) is 8.03. The number of nitrogens with zero attached hydrogens (tertiary/aromatic N) is 1. The van der Waals surface area contributed by atoms with E-state index in [2.05, 4.69) is 5.16 Å². The molecule has 0 atom stereocenters. The van der Waals surface area contributed by atoms with E-state index in [0.29, 0.717) is 22.6 Å². The predicted octanol–water partition coefficient (Wildman–Crippen LogP) is 3.40. The fourth-order valence-corrected chi connectivity index (χ4v) is 2.02. The van der Waals surface area contributed by atoms with Crippen molar-refractivity contribution in [2.24, 2.45) is 5.16 Å². The minimum atomic E-state index is -0.438. The molecule has 0 spiro atoms. The Morgan fingerprint density at radius 2 is 1.78 bits per heavy atom. The van der Waals surface area contributed by atoms with E-state index in [-0.39, 0.29) is 12.4 Å². The van der Waals surface area contributed by atoms with Gasteiger partial charge in [-0.25, -0.2) is 4.39 Å². The number of benzene rings is 2. The van der Waals surface area contributed by atoms with Gasteiger partial charge in [0.1, 0.15) is 6.61 Å². The zero-order valence-corrected chi connectivity index (χ0v) is 13.2. The average Bonchev–Trinajstić information content (AvgIpc) is 2.58. The van der Waals surface area contributed by atoms with Crippen LogP contribution in [0.1, 0.15) is 11.1 Å². The topological polar surface area (TPSA) is 49.3 Å². The fraction of sp³-hybridized carbons (Fsp3) is 0.235. The smallest absolute Gasteiger partial charge is 0.169 e. The van der Waals surface area contributed by atoms with Crippen LogP contribution in [0.4, 0.5) is 4.39 Å². The molecule has 23 heavy (non-hydrogen) atoms. The summed E-state index contributed by atoms with van der Waals surface area (Å²) in [5.41, 5.74) is 1.37. The van der Waals surface area contributed by atoms with E-state index < -0.39 is 5.82 Å². The normalized spacial score (nSPS) is 10.6. The highest BCUT2D eigenvalue weighted by Crippen LogP contribution is 2.29. The third-order valence-electron chi connectivity index (χ3n) is 3.15. The lowest BCUT2D eigenvalue weighted by molar-refractivity contribution is 0.132. The van der Waals surface area contributed by atoms with E-state index in [1.54, 1.807) is 32.4 Å². The molecule has 5 nitrogen and oxygen atoms in total. The van der Waals surface area contributed by atoms with Crippen LogP contribution in [0.3, 0.4) is 0 Å². The Hall–Kier alpha value is -2.76.